The molecule has 0 saturated carbocycles. The molecular formula is C13H11NO3. The van der Waals surface area contributed by atoms with Gasteiger partial charge in [0.05, 0.1) is 11.9 Å². The average molecular weight is 229 g/mol. The smallest absolute Gasteiger partial charge is 0.303 e. The molecule has 0 amide bonds. The Morgan fingerprint density at radius 3 is 2.65 bits per heavy atom. The lowest BCUT2D eigenvalue weighted by molar-refractivity contribution is -0.136. The van der Waals surface area contributed by atoms with Crippen LogP contribution in [0.3, 0.4) is 0 Å². The van der Waals surface area contributed by atoms with Crippen LogP contribution in [0.4, 0.5) is 0 Å². The summed E-state index contributed by atoms with van der Waals surface area (Å²) in [4.78, 5) is 26.5. The maximum atomic E-state index is 11.9. The zero-order valence-corrected chi connectivity index (χ0v) is 9.09. The van der Waals surface area contributed by atoms with Crippen LogP contribution in [-0.2, 0) is 4.79 Å². The van der Waals surface area contributed by atoms with Crippen LogP contribution in [-0.4, -0.2) is 21.8 Å². The normalized spacial score (nSPS) is 10.4. The first-order valence-corrected chi connectivity index (χ1v) is 5.27. The van der Waals surface area contributed by atoms with Crippen LogP contribution in [0.5, 0.6) is 0 Å². The monoisotopic (exact) mass is 229 g/mol. The van der Waals surface area contributed by atoms with Crippen LogP contribution in [0.25, 0.3) is 10.9 Å². The first-order chi connectivity index (χ1) is 8.18. The van der Waals surface area contributed by atoms with Crippen LogP contribution in [0.2, 0.25) is 0 Å². The van der Waals surface area contributed by atoms with Crippen molar-refractivity contribution in [3.8, 4) is 0 Å². The fourth-order valence-electron chi connectivity index (χ4n) is 1.69. The minimum absolute atomic E-state index is 0.0172. The number of carbonyl (C=O) groups excluding carboxylic acids is 1. The minimum atomic E-state index is -0.961. The highest BCUT2D eigenvalue weighted by atomic mass is 16.4. The summed E-state index contributed by atoms with van der Waals surface area (Å²) in [7, 11) is 0. The Labute approximate surface area is 97.9 Å². The molecule has 1 N–H and O–H groups in total. The summed E-state index contributed by atoms with van der Waals surface area (Å²) in [6, 6.07) is 8.95. The number of aromatic nitrogens is 1. The molecule has 2 aromatic rings. The quantitative estimate of drug-likeness (QED) is 0.817. The van der Waals surface area contributed by atoms with E-state index in [2.05, 4.69) is 4.98 Å². The van der Waals surface area contributed by atoms with Crippen molar-refractivity contribution < 1.29 is 14.7 Å². The Morgan fingerprint density at radius 2 is 1.88 bits per heavy atom. The number of hydrogen-bond donors (Lipinski definition) is 1. The molecular weight excluding hydrogens is 218 g/mol. The summed E-state index contributed by atoms with van der Waals surface area (Å²) in [5.41, 5.74) is 1.28. The summed E-state index contributed by atoms with van der Waals surface area (Å²) in [6.45, 7) is 0. The number of fused-ring (bicyclic) bond motifs is 1. The molecule has 0 fully saturated rings. The lowest BCUT2D eigenvalue weighted by Crippen LogP contribution is -2.04. The van der Waals surface area contributed by atoms with Gasteiger partial charge in [0.2, 0.25) is 0 Å². The number of carboxylic acid groups (broad SMARTS) is 1. The van der Waals surface area contributed by atoms with Gasteiger partial charge in [-0.05, 0) is 12.1 Å². The third-order valence-electron chi connectivity index (χ3n) is 2.52. The third kappa shape index (κ3) is 2.47. The lowest BCUT2D eigenvalue weighted by atomic mass is 10.0. The van der Waals surface area contributed by atoms with Gasteiger partial charge < -0.3 is 5.11 Å². The van der Waals surface area contributed by atoms with E-state index in [-0.39, 0.29) is 18.6 Å². The standard InChI is InChI=1S/C13H11NO3/c15-12(5-6-13(16)17)10-7-8-14-11-4-2-1-3-9(10)11/h1-4,7-8H,5-6H2,(H,16,17). The zero-order chi connectivity index (χ0) is 12.3. The highest BCUT2D eigenvalue weighted by molar-refractivity contribution is 6.07. The highest BCUT2D eigenvalue weighted by Gasteiger charge is 2.11. The van der Waals surface area contributed by atoms with Gasteiger partial charge in [-0.25, -0.2) is 0 Å². The number of para-hydroxylation sites is 1. The topological polar surface area (TPSA) is 67.3 Å². The summed E-state index contributed by atoms with van der Waals surface area (Å²) >= 11 is 0. The summed E-state index contributed by atoms with van der Waals surface area (Å²) in [5, 5.41) is 9.33. The number of pyridine rings is 1. The molecule has 0 radical (unpaired) electrons. The molecule has 0 unspecified atom stereocenters. The van der Waals surface area contributed by atoms with Gasteiger partial charge in [0.15, 0.2) is 5.78 Å². The van der Waals surface area contributed by atoms with E-state index in [0.29, 0.717) is 5.56 Å². The number of nitrogens with zero attached hydrogens (tertiary/aromatic N) is 1. The minimum Gasteiger partial charge on any atom is -0.481 e. The van der Waals surface area contributed by atoms with Crippen LogP contribution in [0.15, 0.2) is 36.5 Å². The van der Waals surface area contributed by atoms with Gasteiger partial charge in [0.25, 0.3) is 0 Å². The number of rotatable bonds is 4. The number of benzene rings is 1. The van der Waals surface area contributed by atoms with Crippen molar-refractivity contribution >= 4 is 22.7 Å². The highest BCUT2D eigenvalue weighted by Crippen LogP contribution is 2.18. The first kappa shape index (κ1) is 11.3. The van der Waals surface area contributed by atoms with Crippen molar-refractivity contribution in [2.24, 2.45) is 0 Å². The molecule has 0 aliphatic rings. The maximum Gasteiger partial charge on any atom is 0.303 e. The van der Waals surface area contributed by atoms with Crippen LogP contribution in [0.1, 0.15) is 23.2 Å². The number of aliphatic carboxylic acids is 1. The molecule has 17 heavy (non-hydrogen) atoms. The number of carbonyl (C=O) groups is 2. The fourth-order valence-corrected chi connectivity index (χ4v) is 1.69. The summed E-state index contributed by atoms with van der Waals surface area (Å²) < 4.78 is 0. The van der Waals surface area contributed by atoms with Gasteiger partial charge in [-0.15, -0.1) is 0 Å². The van der Waals surface area contributed by atoms with E-state index in [1.54, 1.807) is 12.3 Å². The van der Waals surface area contributed by atoms with Crippen molar-refractivity contribution in [3.05, 3.63) is 42.1 Å². The SMILES string of the molecule is O=C(O)CCC(=O)c1ccnc2ccccc12. The lowest BCUT2D eigenvalue weighted by Gasteiger charge is -2.03. The van der Waals surface area contributed by atoms with Gasteiger partial charge in [-0.2, -0.15) is 0 Å². The molecule has 0 saturated heterocycles. The zero-order valence-electron chi connectivity index (χ0n) is 9.09. The number of hydrogen-bond acceptors (Lipinski definition) is 3. The van der Waals surface area contributed by atoms with E-state index in [1.165, 1.54) is 0 Å². The number of Topliss-reactive ketones (excluding diaryl/α,β-unsaturated/α-hetero) is 1. The predicted molar refractivity (Wildman–Crippen MR) is 62.9 cm³/mol. The van der Waals surface area contributed by atoms with Crippen LogP contribution < -0.4 is 0 Å². The predicted octanol–water partition coefficient (Wildman–Crippen LogP) is 2.28. The molecule has 1 heterocycles. The molecule has 4 nitrogen and oxygen atoms in total. The first-order valence-electron chi connectivity index (χ1n) is 5.27. The molecule has 2 rings (SSSR count). The Hall–Kier alpha value is -2.23. The molecule has 0 bridgehead atoms. The van der Waals surface area contributed by atoms with Crippen molar-refractivity contribution in [1.82, 2.24) is 4.98 Å². The molecule has 0 aliphatic heterocycles. The number of ketones is 1. The average Bonchev–Trinajstić information content (AvgIpc) is 2.35. The van der Waals surface area contributed by atoms with E-state index >= 15 is 0 Å². The molecule has 0 aliphatic carbocycles. The van der Waals surface area contributed by atoms with Crippen LogP contribution >= 0.6 is 0 Å². The van der Waals surface area contributed by atoms with Gasteiger partial charge >= 0.3 is 5.97 Å². The van der Waals surface area contributed by atoms with E-state index in [0.717, 1.165) is 10.9 Å². The third-order valence-corrected chi connectivity index (χ3v) is 2.52. The van der Waals surface area contributed by atoms with Crippen molar-refractivity contribution in [2.75, 3.05) is 0 Å². The van der Waals surface area contributed by atoms with E-state index in [9.17, 15) is 9.59 Å². The van der Waals surface area contributed by atoms with Gasteiger partial charge in [-0.3, -0.25) is 14.6 Å². The van der Waals surface area contributed by atoms with Gasteiger partial charge in [0.1, 0.15) is 0 Å². The number of carboxylic acids is 1. The van der Waals surface area contributed by atoms with E-state index in [4.69, 9.17) is 5.11 Å². The molecule has 4 heteroatoms. The second kappa shape index (κ2) is 4.74. The molecule has 0 spiro atoms. The van der Waals surface area contributed by atoms with Crippen molar-refractivity contribution in [3.63, 3.8) is 0 Å². The van der Waals surface area contributed by atoms with Crippen molar-refractivity contribution in [2.45, 2.75) is 12.8 Å². The molecule has 0 atom stereocenters. The largest absolute Gasteiger partial charge is 0.481 e. The summed E-state index contributed by atoms with van der Waals surface area (Å²) in [6.07, 6.45) is 1.44. The Morgan fingerprint density at radius 1 is 1.12 bits per heavy atom. The summed E-state index contributed by atoms with van der Waals surface area (Å²) in [5.74, 6) is -1.12. The molecule has 1 aromatic heterocycles. The Balaban J connectivity index is 2.35. The van der Waals surface area contributed by atoms with E-state index < -0.39 is 5.97 Å². The molecule has 86 valence electrons. The second-order valence-corrected chi connectivity index (χ2v) is 3.69. The second-order valence-electron chi connectivity index (χ2n) is 3.69. The Bertz CT molecular complexity index is 572. The van der Waals surface area contributed by atoms with Gasteiger partial charge in [0, 0.05) is 23.6 Å². The van der Waals surface area contributed by atoms with Crippen molar-refractivity contribution in [1.29, 1.82) is 0 Å². The van der Waals surface area contributed by atoms with E-state index in [1.807, 2.05) is 24.3 Å². The van der Waals surface area contributed by atoms with Gasteiger partial charge in [-0.1, -0.05) is 18.2 Å². The molecule has 1 aromatic carbocycles. The Kier molecular flexibility index (Phi) is 3.14. The maximum absolute atomic E-state index is 11.9. The van der Waals surface area contributed by atoms with Crippen LogP contribution in [0, 0.1) is 0 Å². The fraction of sp³-hybridized carbons (Fsp3) is 0.154.